The molecule has 0 amide bonds. The van der Waals surface area contributed by atoms with Crippen molar-refractivity contribution in [2.45, 2.75) is 13.0 Å². The molecule has 0 spiro atoms. The summed E-state index contributed by atoms with van der Waals surface area (Å²) in [6.45, 7) is 1.79. The minimum atomic E-state index is -0.238. The second-order valence-corrected chi connectivity index (χ2v) is 4.72. The summed E-state index contributed by atoms with van der Waals surface area (Å²) in [5.41, 5.74) is 4.13. The fraction of sp³-hybridized carbons (Fsp3) is 0.250. The van der Waals surface area contributed by atoms with E-state index in [9.17, 15) is 4.39 Å². The maximum atomic E-state index is 14.2. The molecular formula is C16H16FNO. The van der Waals surface area contributed by atoms with Gasteiger partial charge in [0.05, 0.1) is 7.11 Å². The van der Waals surface area contributed by atoms with Gasteiger partial charge in [0.2, 0.25) is 0 Å². The smallest absolute Gasteiger partial charge is 0.134 e. The molecule has 0 fully saturated rings. The van der Waals surface area contributed by atoms with Gasteiger partial charge in [-0.1, -0.05) is 18.2 Å². The number of methoxy groups -OCH3 is 1. The largest absolute Gasteiger partial charge is 0.497 e. The van der Waals surface area contributed by atoms with Crippen LogP contribution in [0.4, 0.5) is 4.39 Å². The molecule has 2 aromatic carbocycles. The van der Waals surface area contributed by atoms with Crippen molar-refractivity contribution in [3.8, 4) is 16.9 Å². The number of ether oxygens (including phenoxy) is 1. The van der Waals surface area contributed by atoms with Crippen LogP contribution in [0.25, 0.3) is 11.1 Å². The topological polar surface area (TPSA) is 21.3 Å². The van der Waals surface area contributed by atoms with Crippen LogP contribution < -0.4 is 10.1 Å². The van der Waals surface area contributed by atoms with Crippen LogP contribution in [0.3, 0.4) is 0 Å². The lowest BCUT2D eigenvalue weighted by Crippen LogP contribution is -2.24. The number of nitrogens with one attached hydrogen (secondary N) is 1. The number of hydrogen-bond acceptors (Lipinski definition) is 2. The zero-order valence-corrected chi connectivity index (χ0v) is 10.9. The van der Waals surface area contributed by atoms with E-state index in [2.05, 4.69) is 11.4 Å². The Labute approximate surface area is 112 Å². The molecule has 0 aromatic heterocycles. The van der Waals surface area contributed by atoms with Crippen molar-refractivity contribution >= 4 is 0 Å². The SMILES string of the molecule is COc1ccc(-c2cccc3c2CNCC3)c(F)c1. The van der Waals surface area contributed by atoms with Crippen LogP contribution in [-0.4, -0.2) is 13.7 Å². The van der Waals surface area contributed by atoms with Crippen molar-refractivity contribution in [2.75, 3.05) is 13.7 Å². The van der Waals surface area contributed by atoms with Gasteiger partial charge in [-0.15, -0.1) is 0 Å². The Morgan fingerprint density at radius 2 is 2.05 bits per heavy atom. The molecule has 0 unspecified atom stereocenters. The minimum Gasteiger partial charge on any atom is -0.497 e. The van der Waals surface area contributed by atoms with Gasteiger partial charge in [-0.25, -0.2) is 4.39 Å². The van der Waals surface area contributed by atoms with Gasteiger partial charge in [-0.3, -0.25) is 0 Å². The highest BCUT2D eigenvalue weighted by Gasteiger charge is 2.16. The summed E-state index contributed by atoms with van der Waals surface area (Å²) in [5.74, 6) is 0.308. The lowest BCUT2D eigenvalue weighted by molar-refractivity contribution is 0.411. The minimum absolute atomic E-state index is 0.238. The molecule has 0 saturated carbocycles. The van der Waals surface area contributed by atoms with Crippen LogP contribution in [0, 0.1) is 5.82 Å². The van der Waals surface area contributed by atoms with E-state index < -0.39 is 0 Å². The summed E-state index contributed by atoms with van der Waals surface area (Å²) >= 11 is 0. The number of halogens is 1. The van der Waals surface area contributed by atoms with Crippen molar-refractivity contribution in [2.24, 2.45) is 0 Å². The molecule has 0 radical (unpaired) electrons. The number of benzene rings is 2. The van der Waals surface area contributed by atoms with Gasteiger partial charge in [-0.2, -0.15) is 0 Å². The zero-order valence-electron chi connectivity index (χ0n) is 10.9. The molecule has 3 heteroatoms. The number of hydrogen-bond donors (Lipinski definition) is 1. The first kappa shape index (κ1) is 12.2. The predicted octanol–water partition coefficient (Wildman–Crippen LogP) is 3.15. The normalized spacial score (nSPS) is 14.0. The predicted molar refractivity (Wildman–Crippen MR) is 73.8 cm³/mol. The van der Waals surface area contributed by atoms with E-state index in [1.165, 1.54) is 17.2 Å². The summed E-state index contributed by atoms with van der Waals surface area (Å²) in [5, 5.41) is 3.35. The van der Waals surface area contributed by atoms with E-state index in [0.29, 0.717) is 11.3 Å². The first-order valence-electron chi connectivity index (χ1n) is 6.45. The molecule has 2 aromatic rings. The van der Waals surface area contributed by atoms with E-state index in [-0.39, 0.29) is 5.82 Å². The average molecular weight is 257 g/mol. The molecule has 2 nitrogen and oxygen atoms in total. The first-order chi connectivity index (χ1) is 9.29. The van der Waals surface area contributed by atoms with Crippen LogP contribution in [0.2, 0.25) is 0 Å². The Morgan fingerprint density at radius 3 is 2.84 bits per heavy atom. The van der Waals surface area contributed by atoms with Crippen molar-refractivity contribution in [3.63, 3.8) is 0 Å². The third-order valence-electron chi connectivity index (χ3n) is 3.61. The van der Waals surface area contributed by atoms with Crippen molar-refractivity contribution in [1.29, 1.82) is 0 Å². The molecule has 1 N–H and O–H groups in total. The van der Waals surface area contributed by atoms with E-state index in [4.69, 9.17) is 4.74 Å². The van der Waals surface area contributed by atoms with Crippen LogP contribution >= 0.6 is 0 Å². The van der Waals surface area contributed by atoms with Crippen LogP contribution in [-0.2, 0) is 13.0 Å². The lowest BCUT2D eigenvalue weighted by Gasteiger charge is -2.20. The highest BCUT2D eigenvalue weighted by atomic mass is 19.1. The zero-order chi connectivity index (χ0) is 13.2. The fourth-order valence-corrected chi connectivity index (χ4v) is 2.61. The molecule has 1 aliphatic rings. The second kappa shape index (κ2) is 5.02. The summed E-state index contributed by atoms with van der Waals surface area (Å²) in [4.78, 5) is 0. The highest BCUT2D eigenvalue weighted by Crippen LogP contribution is 2.31. The molecular weight excluding hydrogens is 241 g/mol. The van der Waals surface area contributed by atoms with Crippen LogP contribution in [0.5, 0.6) is 5.75 Å². The Balaban J connectivity index is 2.12. The monoisotopic (exact) mass is 257 g/mol. The Morgan fingerprint density at radius 1 is 1.16 bits per heavy atom. The molecule has 19 heavy (non-hydrogen) atoms. The lowest BCUT2D eigenvalue weighted by atomic mass is 9.92. The Kier molecular flexibility index (Phi) is 3.22. The molecule has 0 aliphatic carbocycles. The second-order valence-electron chi connectivity index (χ2n) is 4.72. The average Bonchev–Trinajstić information content (AvgIpc) is 2.46. The maximum Gasteiger partial charge on any atom is 0.134 e. The molecule has 3 rings (SSSR count). The molecule has 0 saturated heterocycles. The summed E-state index contributed by atoms with van der Waals surface area (Å²) in [7, 11) is 1.54. The van der Waals surface area contributed by atoms with Gasteiger partial charge in [0.15, 0.2) is 0 Å². The molecule has 1 aliphatic heterocycles. The maximum absolute atomic E-state index is 14.2. The van der Waals surface area contributed by atoms with Gasteiger partial charge in [0, 0.05) is 18.2 Å². The van der Waals surface area contributed by atoms with E-state index in [1.54, 1.807) is 19.2 Å². The van der Waals surface area contributed by atoms with Gasteiger partial charge < -0.3 is 10.1 Å². The van der Waals surface area contributed by atoms with Gasteiger partial charge in [0.25, 0.3) is 0 Å². The Bertz CT molecular complexity index is 610. The molecule has 1 heterocycles. The van der Waals surface area contributed by atoms with E-state index in [1.807, 2.05) is 12.1 Å². The third kappa shape index (κ3) is 2.22. The standard InChI is InChI=1S/C16H16FNO/c1-19-12-5-6-14(16(17)9-12)13-4-2-3-11-7-8-18-10-15(11)13/h2-6,9,18H,7-8,10H2,1H3. The van der Waals surface area contributed by atoms with Crippen LogP contribution in [0.15, 0.2) is 36.4 Å². The summed E-state index contributed by atoms with van der Waals surface area (Å²) in [6, 6.07) is 11.1. The Hall–Kier alpha value is -1.87. The van der Waals surface area contributed by atoms with Crippen molar-refractivity contribution < 1.29 is 9.13 Å². The highest BCUT2D eigenvalue weighted by molar-refractivity contribution is 5.70. The summed E-state index contributed by atoms with van der Waals surface area (Å²) < 4.78 is 19.2. The van der Waals surface area contributed by atoms with Gasteiger partial charge in [-0.05, 0) is 41.8 Å². The molecule has 0 atom stereocenters. The third-order valence-corrected chi connectivity index (χ3v) is 3.61. The van der Waals surface area contributed by atoms with Gasteiger partial charge >= 0.3 is 0 Å². The quantitative estimate of drug-likeness (QED) is 0.892. The molecule has 98 valence electrons. The number of rotatable bonds is 2. The first-order valence-corrected chi connectivity index (χ1v) is 6.45. The van der Waals surface area contributed by atoms with Crippen LogP contribution in [0.1, 0.15) is 11.1 Å². The summed E-state index contributed by atoms with van der Waals surface area (Å²) in [6.07, 6.45) is 1.00. The van der Waals surface area contributed by atoms with E-state index >= 15 is 0 Å². The van der Waals surface area contributed by atoms with E-state index in [0.717, 1.165) is 25.1 Å². The van der Waals surface area contributed by atoms with Crippen molar-refractivity contribution in [1.82, 2.24) is 5.32 Å². The number of fused-ring (bicyclic) bond motifs is 1. The fourth-order valence-electron chi connectivity index (χ4n) is 2.61. The van der Waals surface area contributed by atoms with Gasteiger partial charge in [0.1, 0.15) is 11.6 Å². The molecule has 0 bridgehead atoms. The van der Waals surface area contributed by atoms with Crippen molar-refractivity contribution in [3.05, 3.63) is 53.3 Å².